The summed E-state index contributed by atoms with van der Waals surface area (Å²) >= 11 is 6.04. The van der Waals surface area contributed by atoms with Crippen LogP contribution in [0.25, 0.3) is 0 Å². The summed E-state index contributed by atoms with van der Waals surface area (Å²) < 4.78 is 5.27. The topological polar surface area (TPSA) is 74.8 Å². The van der Waals surface area contributed by atoms with Crippen molar-refractivity contribution < 1.29 is 14.3 Å². The van der Waals surface area contributed by atoms with Crippen molar-refractivity contribution in [3.63, 3.8) is 0 Å². The second-order valence-electron chi connectivity index (χ2n) is 6.44. The Morgan fingerprint density at radius 1 is 1.07 bits per heavy atom. The molecule has 1 saturated heterocycles. The molecule has 8 heteroatoms. The summed E-state index contributed by atoms with van der Waals surface area (Å²) in [7, 11) is 0. The summed E-state index contributed by atoms with van der Waals surface area (Å²) in [5.74, 6) is -0.382. The van der Waals surface area contributed by atoms with Crippen LogP contribution in [0.3, 0.4) is 0 Å². The highest BCUT2D eigenvalue weighted by Crippen LogP contribution is 2.20. The summed E-state index contributed by atoms with van der Waals surface area (Å²) in [5, 5.41) is 3.41. The molecule has 1 aliphatic heterocycles. The fourth-order valence-electron chi connectivity index (χ4n) is 2.95. The molecule has 1 N–H and O–H groups in total. The average molecular weight is 403 g/mol. The second-order valence-corrected chi connectivity index (χ2v) is 6.87. The molecule has 2 aromatic rings. The van der Waals surface area contributed by atoms with Gasteiger partial charge in [0.1, 0.15) is 13.2 Å². The lowest BCUT2D eigenvalue weighted by atomic mass is 10.2. The molecule has 7 nitrogen and oxygen atoms in total. The van der Waals surface area contributed by atoms with E-state index in [2.05, 4.69) is 15.2 Å². The lowest BCUT2D eigenvalue weighted by Crippen LogP contribution is -2.50. The third-order valence-corrected chi connectivity index (χ3v) is 4.69. The minimum Gasteiger partial charge on any atom is -0.368 e. The molecule has 0 atom stereocenters. The van der Waals surface area contributed by atoms with Crippen LogP contribution in [0.2, 0.25) is 5.02 Å². The first-order valence-corrected chi connectivity index (χ1v) is 9.52. The van der Waals surface area contributed by atoms with Crippen LogP contribution in [-0.4, -0.2) is 61.1 Å². The normalized spacial score (nSPS) is 14.0. The van der Waals surface area contributed by atoms with E-state index < -0.39 is 0 Å². The van der Waals surface area contributed by atoms with Crippen molar-refractivity contribution in [2.24, 2.45) is 0 Å². The van der Waals surface area contributed by atoms with Gasteiger partial charge in [0.25, 0.3) is 0 Å². The number of aromatic nitrogens is 1. The maximum absolute atomic E-state index is 12.3. The third-order valence-electron chi connectivity index (χ3n) is 4.46. The van der Waals surface area contributed by atoms with Crippen molar-refractivity contribution in [1.29, 1.82) is 0 Å². The predicted molar refractivity (Wildman–Crippen MR) is 107 cm³/mol. The van der Waals surface area contributed by atoms with Crippen molar-refractivity contribution in [3.8, 4) is 0 Å². The van der Waals surface area contributed by atoms with Crippen LogP contribution in [0.1, 0.15) is 5.69 Å². The van der Waals surface area contributed by atoms with Crippen LogP contribution in [0.15, 0.2) is 48.7 Å². The van der Waals surface area contributed by atoms with Gasteiger partial charge in [-0.05, 0) is 30.3 Å². The lowest BCUT2D eigenvalue weighted by Gasteiger charge is -2.36. The van der Waals surface area contributed by atoms with Gasteiger partial charge in [0.05, 0.1) is 12.2 Å². The standard InChI is InChI=1S/C20H23ClN4O3/c21-16-4-3-6-18(12-16)24-8-10-25(11-9-24)20(27)15-28-14-19(26)23-13-17-5-1-2-7-22-17/h1-7,12H,8-11,13-15H2,(H,23,26). The van der Waals surface area contributed by atoms with Crippen LogP contribution < -0.4 is 10.2 Å². The van der Waals surface area contributed by atoms with E-state index in [-0.39, 0.29) is 25.0 Å². The summed E-state index contributed by atoms with van der Waals surface area (Å²) in [6, 6.07) is 13.2. The molecule has 0 saturated carbocycles. The first-order valence-electron chi connectivity index (χ1n) is 9.14. The fraction of sp³-hybridized carbons (Fsp3) is 0.350. The highest BCUT2D eigenvalue weighted by Gasteiger charge is 2.21. The molecule has 28 heavy (non-hydrogen) atoms. The van der Waals surface area contributed by atoms with Gasteiger partial charge >= 0.3 is 0 Å². The number of ether oxygens (including phenoxy) is 1. The van der Waals surface area contributed by atoms with E-state index in [9.17, 15) is 9.59 Å². The Labute approximate surface area is 169 Å². The Bertz CT molecular complexity index is 795. The molecule has 2 amide bonds. The van der Waals surface area contributed by atoms with Crippen molar-refractivity contribution >= 4 is 29.1 Å². The zero-order valence-corrected chi connectivity index (χ0v) is 16.3. The molecule has 0 unspecified atom stereocenters. The smallest absolute Gasteiger partial charge is 0.248 e. The van der Waals surface area contributed by atoms with Gasteiger partial charge in [-0.3, -0.25) is 14.6 Å². The minimum atomic E-state index is -0.274. The Kier molecular flexibility index (Phi) is 7.22. The van der Waals surface area contributed by atoms with Gasteiger partial charge in [0.15, 0.2) is 0 Å². The number of hydrogen-bond acceptors (Lipinski definition) is 5. The van der Waals surface area contributed by atoms with Crippen molar-refractivity contribution in [2.45, 2.75) is 6.54 Å². The number of halogens is 1. The van der Waals surface area contributed by atoms with Crippen molar-refractivity contribution in [1.82, 2.24) is 15.2 Å². The zero-order chi connectivity index (χ0) is 19.8. The Morgan fingerprint density at radius 3 is 2.61 bits per heavy atom. The largest absolute Gasteiger partial charge is 0.368 e. The van der Waals surface area contributed by atoms with E-state index >= 15 is 0 Å². The number of benzene rings is 1. The van der Waals surface area contributed by atoms with Crippen LogP contribution in [0, 0.1) is 0 Å². The monoisotopic (exact) mass is 402 g/mol. The molecule has 3 rings (SSSR count). The number of nitrogens with zero attached hydrogens (tertiary/aromatic N) is 3. The molecule has 148 valence electrons. The molecular formula is C20H23ClN4O3. The van der Waals surface area contributed by atoms with Crippen molar-refractivity contribution in [3.05, 3.63) is 59.4 Å². The fourth-order valence-corrected chi connectivity index (χ4v) is 3.14. The number of carbonyl (C=O) groups is 2. The van der Waals surface area contributed by atoms with Crippen molar-refractivity contribution in [2.75, 3.05) is 44.3 Å². The van der Waals surface area contributed by atoms with E-state index in [4.69, 9.17) is 16.3 Å². The average Bonchev–Trinajstić information content (AvgIpc) is 2.73. The molecule has 0 aliphatic carbocycles. The molecule has 0 radical (unpaired) electrons. The number of nitrogens with one attached hydrogen (secondary N) is 1. The summed E-state index contributed by atoms with van der Waals surface area (Å²) in [6.45, 7) is 2.77. The highest BCUT2D eigenvalue weighted by atomic mass is 35.5. The molecule has 1 aliphatic rings. The van der Waals surface area contributed by atoms with Gasteiger partial charge in [-0.25, -0.2) is 0 Å². The van der Waals surface area contributed by atoms with Gasteiger partial charge in [-0.2, -0.15) is 0 Å². The Hall–Kier alpha value is -2.64. The number of amides is 2. The first-order chi connectivity index (χ1) is 13.6. The molecule has 0 spiro atoms. The van der Waals surface area contributed by atoms with Gasteiger partial charge in [0.2, 0.25) is 11.8 Å². The molecule has 0 bridgehead atoms. The minimum absolute atomic E-state index is 0.103. The first kappa shape index (κ1) is 20.1. The number of piperazine rings is 1. The SMILES string of the molecule is O=C(COCC(=O)N1CCN(c2cccc(Cl)c2)CC1)NCc1ccccn1. The second kappa shape index (κ2) is 10.1. The van der Waals surface area contributed by atoms with Gasteiger partial charge in [0, 0.05) is 43.1 Å². The number of anilines is 1. The predicted octanol–water partition coefficient (Wildman–Crippen LogP) is 1.72. The number of hydrogen-bond donors (Lipinski definition) is 1. The maximum atomic E-state index is 12.3. The maximum Gasteiger partial charge on any atom is 0.248 e. The highest BCUT2D eigenvalue weighted by molar-refractivity contribution is 6.30. The molecule has 1 aromatic heterocycles. The van der Waals surface area contributed by atoms with Crippen LogP contribution in [-0.2, 0) is 20.9 Å². The molecular weight excluding hydrogens is 380 g/mol. The summed E-state index contributed by atoms with van der Waals surface area (Å²) in [4.78, 5) is 32.1. The van der Waals surface area contributed by atoms with Crippen LogP contribution in [0.4, 0.5) is 5.69 Å². The van der Waals surface area contributed by atoms with Gasteiger partial charge in [-0.1, -0.05) is 23.7 Å². The van der Waals surface area contributed by atoms with E-state index in [1.165, 1.54) is 0 Å². The molecule has 2 heterocycles. The zero-order valence-electron chi connectivity index (χ0n) is 15.5. The Morgan fingerprint density at radius 2 is 1.89 bits per heavy atom. The van der Waals surface area contributed by atoms with E-state index in [0.717, 1.165) is 24.5 Å². The van der Waals surface area contributed by atoms with Gasteiger partial charge in [-0.15, -0.1) is 0 Å². The quantitative estimate of drug-likeness (QED) is 0.763. The molecule has 1 aromatic carbocycles. The summed E-state index contributed by atoms with van der Waals surface area (Å²) in [6.07, 6.45) is 1.67. The third kappa shape index (κ3) is 5.94. The number of pyridine rings is 1. The molecule has 1 fully saturated rings. The van der Waals surface area contributed by atoms with Crippen LogP contribution >= 0.6 is 11.6 Å². The number of rotatable bonds is 7. The van der Waals surface area contributed by atoms with E-state index in [1.54, 1.807) is 11.1 Å². The number of carbonyl (C=O) groups excluding carboxylic acids is 2. The van der Waals surface area contributed by atoms with Gasteiger partial charge < -0.3 is 19.9 Å². The van der Waals surface area contributed by atoms with Crippen LogP contribution in [0.5, 0.6) is 0 Å². The lowest BCUT2D eigenvalue weighted by molar-refractivity contribution is -0.138. The summed E-state index contributed by atoms with van der Waals surface area (Å²) in [5.41, 5.74) is 1.82. The Balaban J connectivity index is 1.34. The van der Waals surface area contributed by atoms with E-state index in [0.29, 0.717) is 24.7 Å². The van der Waals surface area contributed by atoms with E-state index in [1.807, 2.05) is 42.5 Å².